The van der Waals surface area contributed by atoms with Crippen molar-refractivity contribution in [2.75, 3.05) is 35.3 Å². The normalized spacial score (nSPS) is 15.8. The van der Waals surface area contributed by atoms with Crippen LogP contribution in [0.2, 0.25) is 0 Å². The molecule has 0 unspecified atom stereocenters. The van der Waals surface area contributed by atoms with Gasteiger partial charge in [-0.25, -0.2) is 32.3 Å². The number of hydrogen-bond acceptors (Lipinski definition) is 4. The molecule has 0 bridgehead atoms. The third-order valence-electron chi connectivity index (χ3n) is 5.33. The van der Waals surface area contributed by atoms with Crippen LogP contribution in [0, 0.1) is 18.6 Å². The van der Waals surface area contributed by atoms with Gasteiger partial charge >= 0.3 is 6.03 Å². The lowest BCUT2D eigenvalue weighted by Crippen LogP contribution is -2.43. The summed E-state index contributed by atoms with van der Waals surface area (Å²) in [7, 11) is 0. The number of rotatable bonds is 4. The Hall–Kier alpha value is -3.37. The third-order valence-corrected chi connectivity index (χ3v) is 5.33. The fourth-order valence-electron chi connectivity index (χ4n) is 3.59. The maximum atomic E-state index is 14.1. The molecule has 31 heavy (non-hydrogen) atoms. The number of amides is 2. The van der Waals surface area contributed by atoms with Crippen LogP contribution in [-0.4, -0.2) is 46.4 Å². The quantitative estimate of drug-likeness (QED) is 0.527. The minimum absolute atomic E-state index is 0.0716. The average molecular weight is 436 g/mol. The van der Waals surface area contributed by atoms with Crippen molar-refractivity contribution in [3.05, 3.63) is 41.9 Å². The van der Waals surface area contributed by atoms with Gasteiger partial charge in [0.05, 0.1) is 23.1 Å². The Morgan fingerprint density at radius 1 is 1.23 bits per heavy atom. The number of carbonyl (C=O) groups is 1. The van der Waals surface area contributed by atoms with Gasteiger partial charge in [0.15, 0.2) is 17.5 Å². The predicted molar refractivity (Wildman–Crippen MR) is 109 cm³/mol. The lowest BCUT2D eigenvalue weighted by molar-refractivity contribution is 0.0894. The fraction of sp³-hybridized carbons (Fsp3) is 0.350. The highest BCUT2D eigenvalue weighted by molar-refractivity contribution is 6.05. The molecule has 7 nitrogen and oxygen atoms in total. The molecule has 164 valence electrons. The van der Waals surface area contributed by atoms with Crippen LogP contribution < -0.4 is 15.5 Å². The molecule has 4 rings (SSSR count). The first kappa shape index (κ1) is 20.9. The number of anilines is 3. The first-order valence-corrected chi connectivity index (χ1v) is 9.65. The molecule has 11 heteroatoms. The van der Waals surface area contributed by atoms with Gasteiger partial charge in [0.25, 0.3) is 0 Å². The van der Waals surface area contributed by atoms with Crippen molar-refractivity contribution in [1.29, 1.82) is 0 Å². The van der Waals surface area contributed by atoms with Gasteiger partial charge in [-0.3, -0.25) is 5.32 Å². The molecule has 2 amide bonds. The number of nitrogens with one attached hydrogen (secondary N) is 3. The molecule has 0 saturated carbocycles. The summed E-state index contributed by atoms with van der Waals surface area (Å²) in [5, 5.41) is 5.39. The van der Waals surface area contributed by atoms with Crippen LogP contribution in [-0.2, 0) is 0 Å². The Kier molecular flexibility index (Phi) is 5.42. The zero-order valence-electron chi connectivity index (χ0n) is 16.6. The summed E-state index contributed by atoms with van der Waals surface area (Å²) in [6.45, 7) is 1.35. The summed E-state index contributed by atoms with van der Waals surface area (Å²) in [5.74, 6) is -1.30. The molecule has 1 saturated heterocycles. The van der Waals surface area contributed by atoms with Crippen LogP contribution in [0.1, 0.15) is 18.5 Å². The first-order chi connectivity index (χ1) is 14.8. The zero-order chi connectivity index (χ0) is 22.2. The van der Waals surface area contributed by atoms with Crippen molar-refractivity contribution in [3.63, 3.8) is 0 Å². The lowest BCUT2D eigenvalue weighted by atomic mass is 9.95. The number of alkyl halides is 2. The number of fused-ring (bicyclic) bond motifs is 1. The molecule has 3 N–H and O–H groups in total. The molecule has 0 aliphatic carbocycles. The van der Waals surface area contributed by atoms with E-state index in [4.69, 9.17) is 0 Å². The van der Waals surface area contributed by atoms with E-state index in [2.05, 4.69) is 25.6 Å². The Labute approximate surface area is 174 Å². The number of H-pyrrole nitrogens is 1. The van der Waals surface area contributed by atoms with Crippen LogP contribution in [0.3, 0.4) is 0 Å². The van der Waals surface area contributed by atoms with Crippen LogP contribution in [0.15, 0.2) is 24.5 Å². The largest absolute Gasteiger partial charge is 0.359 e. The third kappa shape index (κ3) is 4.25. The number of aromatic amines is 1. The van der Waals surface area contributed by atoms with E-state index in [1.807, 2.05) is 4.90 Å². The van der Waals surface area contributed by atoms with Crippen molar-refractivity contribution in [1.82, 2.24) is 15.0 Å². The van der Waals surface area contributed by atoms with E-state index in [9.17, 15) is 22.4 Å². The number of aryl methyl sites for hydroxylation is 1. The van der Waals surface area contributed by atoms with Crippen molar-refractivity contribution in [3.8, 4) is 0 Å². The van der Waals surface area contributed by atoms with Gasteiger partial charge < -0.3 is 15.2 Å². The SMILES string of the molecule is Cc1nc(NC(=O)Nc2c[nH]c3cc(F)c(F)cc23)cnc1N1CCC(F)(CF)CC1. The van der Waals surface area contributed by atoms with E-state index < -0.39 is 30.0 Å². The Morgan fingerprint density at radius 3 is 2.61 bits per heavy atom. The number of hydrogen-bond donors (Lipinski definition) is 3. The highest BCUT2D eigenvalue weighted by atomic mass is 19.2. The highest BCUT2D eigenvalue weighted by Crippen LogP contribution is 2.30. The summed E-state index contributed by atoms with van der Waals surface area (Å²) in [5.41, 5.74) is -0.660. The van der Waals surface area contributed by atoms with Gasteiger partial charge in [-0.05, 0) is 13.0 Å². The van der Waals surface area contributed by atoms with E-state index in [-0.39, 0.29) is 24.3 Å². The molecule has 0 radical (unpaired) electrons. The molecule has 1 aliphatic heterocycles. The Bertz CT molecular complexity index is 1130. The van der Waals surface area contributed by atoms with E-state index in [0.717, 1.165) is 12.1 Å². The number of nitrogens with zero attached hydrogens (tertiary/aromatic N) is 3. The topological polar surface area (TPSA) is 85.9 Å². The Balaban J connectivity index is 1.43. The maximum absolute atomic E-state index is 14.1. The van der Waals surface area contributed by atoms with E-state index in [0.29, 0.717) is 35.5 Å². The summed E-state index contributed by atoms with van der Waals surface area (Å²) in [6, 6.07) is 1.35. The summed E-state index contributed by atoms with van der Waals surface area (Å²) in [6.07, 6.45) is 2.92. The second-order valence-corrected chi connectivity index (χ2v) is 7.53. The number of halogens is 4. The second-order valence-electron chi connectivity index (χ2n) is 7.53. The van der Waals surface area contributed by atoms with Gasteiger partial charge in [0.1, 0.15) is 18.2 Å². The van der Waals surface area contributed by atoms with Crippen molar-refractivity contribution in [2.45, 2.75) is 25.4 Å². The molecule has 0 spiro atoms. The summed E-state index contributed by atoms with van der Waals surface area (Å²) in [4.78, 5) is 25.5. The molecule has 1 aromatic carbocycles. The molecule has 2 aromatic heterocycles. The number of urea groups is 1. The van der Waals surface area contributed by atoms with Gasteiger partial charge in [0, 0.05) is 43.6 Å². The van der Waals surface area contributed by atoms with E-state index in [1.54, 1.807) is 6.92 Å². The van der Waals surface area contributed by atoms with Gasteiger partial charge in [-0.15, -0.1) is 0 Å². The monoisotopic (exact) mass is 436 g/mol. The van der Waals surface area contributed by atoms with Crippen LogP contribution >= 0.6 is 0 Å². The van der Waals surface area contributed by atoms with Crippen molar-refractivity contribution < 1.29 is 22.4 Å². The standard InChI is InChI=1S/C20H20F4N6O/c1-11-18(30-4-2-20(24,10-21)3-5-30)26-9-17(27-11)29-19(31)28-16-8-25-15-7-14(23)13(22)6-12(15)16/h6-9,25H,2-5,10H2,1H3,(H2,27,28,29,31). The van der Waals surface area contributed by atoms with Gasteiger partial charge in [-0.1, -0.05) is 0 Å². The van der Waals surface area contributed by atoms with Crippen LogP contribution in [0.4, 0.5) is 39.7 Å². The van der Waals surface area contributed by atoms with Crippen molar-refractivity contribution in [2.24, 2.45) is 0 Å². The van der Waals surface area contributed by atoms with E-state index in [1.165, 1.54) is 12.4 Å². The molecule has 3 aromatic rings. The van der Waals surface area contributed by atoms with Crippen molar-refractivity contribution >= 4 is 34.3 Å². The number of carbonyl (C=O) groups excluding carboxylic acids is 1. The molecule has 1 aliphatic rings. The summed E-state index contributed by atoms with van der Waals surface area (Å²) >= 11 is 0. The number of benzene rings is 1. The number of aromatic nitrogens is 3. The average Bonchev–Trinajstić information content (AvgIpc) is 3.10. The predicted octanol–water partition coefficient (Wildman–Crippen LogP) is 4.47. The first-order valence-electron chi connectivity index (χ1n) is 9.65. The lowest BCUT2D eigenvalue weighted by Gasteiger charge is -2.35. The van der Waals surface area contributed by atoms with Crippen LogP contribution in [0.5, 0.6) is 0 Å². The minimum Gasteiger partial charge on any atom is -0.359 e. The van der Waals surface area contributed by atoms with E-state index >= 15 is 0 Å². The smallest absolute Gasteiger partial charge is 0.324 e. The van der Waals surface area contributed by atoms with Gasteiger partial charge in [0.2, 0.25) is 0 Å². The second kappa shape index (κ2) is 8.05. The maximum Gasteiger partial charge on any atom is 0.324 e. The minimum atomic E-state index is -1.78. The highest BCUT2D eigenvalue weighted by Gasteiger charge is 2.35. The number of piperidine rings is 1. The van der Waals surface area contributed by atoms with Gasteiger partial charge in [-0.2, -0.15) is 0 Å². The zero-order valence-corrected chi connectivity index (χ0v) is 16.6. The fourth-order valence-corrected chi connectivity index (χ4v) is 3.59. The Morgan fingerprint density at radius 2 is 1.94 bits per heavy atom. The molecular weight excluding hydrogens is 416 g/mol. The molecular formula is C20H20F4N6O. The van der Waals surface area contributed by atoms with Crippen LogP contribution in [0.25, 0.3) is 10.9 Å². The molecule has 1 fully saturated rings. The molecule has 0 atom stereocenters. The summed E-state index contributed by atoms with van der Waals surface area (Å²) < 4.78 is 53.7. The molecule has 3 heterocycles.